The van der Waals surface area contributed by atoms with E-state index in [9.17, 15) is 14.7 Å². The van der Waals surface area contributed by atoms with Gasteiger partial charge < -0.3 is 19.1 Å². The molecule has 0 saturated heterocycles. The van der Waals surface area contributed by atoms with E-state index in [1.807, 2.05) is 13.5 Å². The van der Waals surface area contributed by atoms with E-state index in [2.05, 4.69) is 0 Å². The number of carbonyl (C=O) groups is 2. The van der Waals surface area contributed by atoms with Gasteiger partial charge >= 0.3 is 20.5 Å². The van der Waals surface area contributed by atoms with Crippen LogP contribution in [0.3, 0.4) is 0 Å². The molecule has 0 amide bonds. The van der Waals surface area contributed by atoms with E-state index in [-0.39, 0.29) is 6.42 Å². The third-order valence-corrected chi connectivity index (χ3v) is 7.33. The van der Waals surface area contributed by atoms with Crippen molar-refractivity contribution in [3.05, 3.63) is 0 Å². The van der Waals surface area contributed by atoms with E-state index in [4.69, 9.17) is 14.0 Å². The minimum Gasteiger partial charge on any atom is -0.481 e. The number of carboxylic acids is 2. The number of likely N-dealkylation sites (N-methyl/N-ethyl adjacent to an activating group) is 1. The van der Waals surface area contributed by atoms with Gasteiger partial charge in [0, 0.05) is 14.2 Å². The van der Waals surface area contributed by atoms with Crippen LogP contribution in [0.2, 0.25) is 12.6 Å². The summed E-state index contributed by atoms with van der Waals surface area (Å²) in [6.07, 6.45) is 0.536. The Morgan fingerprint density at radius 2 is 1.73 bits per heavy atom. The van der Waals surface area contributed by atoms with Gasteiger partial charge in [0.1, 0.15) is 5.54 Å². The average Bonchev–Trinajstić information content (AvgIpc) is 2.48. The highest BCUT2D eigenvalue weighted by Crippen LogP contribution is 2.26. The monoisotopic (exact) mass is 335 g/mol. The molecule has 7 nitrogen and oxygen atoms in total. The number of hydrogen-bond donors (Lipinski definition) is 2. The molecule has 0 saturated carbocycles. The van der Waals surface area contributed by atoms with Crippen molar-refractivity contribution in [3.63, 3.8) is 0 Å². The summed E-state index contributed by atoms with van der Waals surface area (Å²) in [5, 5.41) is 18.7. The Morgan fingerprint density at radius 1 is 1.18 bits per heavy atom. The highest BCUT2D eigenvalue weighted by molar-refractivity contribution is 6.65. The number of nitrogens with zero attached hydrogens (tertiary/aromatic N) is 1. The molecule has 0 heterocycles. The summed E-state index contributed by atoms with van der Waals surface area (Å²) in [5.74, 6) is -2.19. The van der Waals surface area contributed by atoms with Gasteiger partial charge in [-0.1, -0.05) is 13.8 Å². The maximum atomic E-state index is 11.7. The van der Waals surface area contributed by atoms with Crippen molar-refractivity contribution in [2.75, 3.05) is 27.3 Å². The van der Waals surface area contributed by atoms with Gasteiger partial charge in [-0.2, -0.15) is 0 Å². The standard InChI is InChI=1S/C14H29NO6Si/c1-6-14(13(18)19,11-12(16)17)15(7-2)9-8-10-22(5,20-3)21-4/h6-11H2,1-5H3,(H,16,17)(H,18,19)/t14-/m0/s1. The number of hydrogen-bond acceptors (Lipinski definition) is 5. The van der Waals surface area contributed by atoms with E-state index in [0.717, 1.165) is 6.04 Å². The third-order valence-electron chi connectivity index (χ3n) is 4.34. The van der Waals surface area contributed by atoms with E-state index in [1.165, 1.54) is 0 Å². The molecule has 22 heavy (non-hydrogen) atoms. The first-order valence-electron chi connectivity index (χ1n) is 7.51. The molecule has 0 fully saturated rings. The second-order valence-electron chi connectivity index (χ2n) is 5.49. The molecular weight excluding hydrogens is 306 g/mol. The predicted molar refractivity (Wildman–Crippen MR) is 85.2 cm³/mol. The van der Waals surface area contributed by atoms with Crippen LogP contribution in [0.25, 0.3) is 0 Å². The summed E-state index contributed by atoms with van der Waals surface area (Å²) >= 11 is 0. The Kier molecular flexibility index (Phi) is 8.83. The quantitative estimate of drug-likeness (QED) is 0.525. The lowest BCUT2D eigenvalue weighted by Crippen LogP contribution is -2.56. The lowest BCUT2D eigenvalue weighted by atomic mass is 9.89. The van der Waals surface area contributed by atoms with Gasteiger partial charge in [0.25, 0.3) is 0 Å². The van der Waals surface area contributed by atoms with E-state index >= 15 is 0 Å². The second-order valence-corrected chi connectivity index (χ2v) is 9.07. The van der Waals surface area contributed by atoms with Crippen LogP contribution in [-0.2, 0) is 18.4 Å². The first kappa shape index (κ1) is 21.0. The Balaban J connectivity index is 5.02. The zero-order valence-corrected chi connectivity index (χ0v) is 15.2. The molecule has 130 valence electrons. The fourth-order valence-corrected chi connectivity index (χ4v) is 4.00. The summed E-state index contributed by atoms with van der Waals surface area (Å²) in [5.41, 5.74) is -1.36. The predicted octanol–water partition coefficient (Wildman–Crippen LogP) is 1.77. The zero-order valence-electron chi connectivity index (χ0n) is 14.2. The Morgan fingerprint density at radius 3 is 2.05 bits per heavy atom. The lowest BCUT2D eigenvalue weighted by Gasteiger charge is -2.39. The molecule has 0 aromatic heterocycles. The lowest BCUT2D eigenvalue weighted by molar-refractivity contribution is -0.159. The second kappa shape index (κ2) is 9.24. The maximum Gasteiger partial charge on any atom is 0.334 e. The first-order valence-corrected chi connectivity index (χ1v) is 10.0. The van der Waals surface area contributed by atoms with Crippen molar-refractivity contribution >= 4 is 20.5 Å². The molecule has 0 aromatic carbocycles. The fraction of sp³-hybridized carbons (Fsp3) is 0.857. The first-order chi connectivity index (χ1) is 10.2. The molecule has 0 radical (unpaired) electrons. The summed E-state index contributed by atoms with van der Waals surface area (Å²) in [6, 6.07) is 0.725. The number of aliphatic carboxylic acids is 2. The van der Waals surface area contributed by atoms with Gasteiger partial charge in [-0.25, -0.2) is 0 Å². The molecule has 0 spiro atoms. The van der Waals surface area contributed by atoms with Crippen LogP contribution >= 0.6 is 0 Å². The summed E-state index contributed by atoms with van der Waals surface area (Å²) < 4.78 is 10.8. The van der Waals surface area contributed by atoms with E-state index in [0.29, 0.717) is 19.5 Å². The molecule has 0 aliphatic heterocycles. The molecule has 0 aromatic rings. The molecular formula is C14H29NO6Si. The topological polar surface area (TPSA) is 96.3 Å². The molecule has 1 atom stereocenters. The van der Waals surface area contributed by atoms with Crippen LogP contribution in [0.1, 0.15) is 33.1 Å². The summed E-state index contributed by atoms with van der Waals surface area (Å²) in [4.78, 5) is 24.6. The highest BCUT2D eigenvalue weighted by Gasteiger charge is 2.44. The van der Waals surface area contributed by atoms with Crippen LogP contribution in [0, 0.1) is 0 Å². The van der Waals surface area contributed by atoms with Gasteiger partial charge in [0.15, 0.2) is 0 Å². The molecule has 0 aliphatic carbocycles. The normalized spacial score (nSPS) is 14.8. The van der Waals surface area contributed by atoms with Gasteiger partial charge in [0.05, 0.1) is 6.42 Å². The Labute approximate surface area is 133 Å². The molecule has 0 unspecified atom stereocenters. The summed E-state index contributed by atoms with van der Waals surface area (Å²) in [6.45, 7) is 6.48. The number of carboxylic acid groups (broad SMARTS) is 2. The molecule has 0 bridgehead atoms. The van der Waals surface area contributed by atoms with Crippen molar-refractivity contribution in [1.82, 2.24) is 4.90 Å². The van der Waals surface area contributed by atoms with Gasteiger partial charge in [-0.05, 0) is 38.5 Å². The Bertz CT molecular complexity index is 374. The SMILES string of the molecule is CCN(CCC[Si](C)(OC)OC)[C@@](CC)(CC(=O)O)C(=O)O. The van der Waals surface area contributed by atoms with E-state index < -0.39 is 32.5 Å². The third kappa shape index (κ3) is 5.35. The van der Waals surface area contributed by atoms with Crippen molar-refractivity contribution < 1.29 is 28.7 Å². The molecule has 0 rings (SSSR count). The van der Waals surface area contributed by atoms with Crippen molar-refractivity contribution in [2.24, 2.45) is 0 Å². The smallest absolute Gasteiger partial charge is 0.334 e. The van der Waals surface area contributed by atoms with Crippen LogP contribution in [-0.4, -0.2) is 68.5 Å². The van der Waals surface area contributed by atoms with Crippen LogP contribution < -0.4 is 0 Å². The minimum absolute atomic E-state index is 0.242. The van der Waals surface area contributed by atoms with Crippen molar-refractivity contribution in [2.45, 2.75) is 51.2 Å². The van der Waals surface area contributed by atoms with Gasteiger partial charge in [0.2, 0.25) is 0 Å². The minimum atomic E-state index is -2.20. The molecule has 0 aliphatic rings. The van der Waals surface area contributed by atoms with Gasteiger partial charge in [-0.3, -0.25) is 14.5 Å². The van der Waals surface area contributed by atoms with Crippen LogP contribution in [0.4, 0.5) is 0 Å². The van der Waals surface area contributed by atoms with Crippen LogP contribution in [0.5, 0.6) is 0 Å². The van der Waals surface area contributed by atoms with Crippen molar-refractivity contribution in [3.8, 4) is 0 Å². The fourth-order valence-electron chi connectivity index (χ4n) is 2.63. The summed E-state index contributed by atoms with van der Waals surface area (Å²) in [7, 11) is 1.04. The Hall–Kier alpha value is -0.963. The average molecular weight is 335 g/mol. The zero-order chi connectivity index (χ0) is 17.4. The van der Waals surface area contributed by atoms with Crippen molar-refractivity contribution in [1.29, 1.82) is 0 Å². The number of rotatable bonds is 12. The molecule has 8 heteroatoms. The molecule has 2 N–H and O–H groups in total. The largest absolute Gasteiger partial charge is 0.481 e. The highest BCUT2D eigenvalue weighted by atomic mass is 28.4. The van der Waals surface area contributed by atoms with Gasteiger partial charge in [-0.15, -0.1) is 0 Å². The van der Waals surface area contributed by atoms with E-state index in [1.54, 1.807) is 26.0 Å². The maximum absolute atomic E-state index is 11.7. The van der Waals surface area contributed by atoms with Crippen LogP contribution in [0.15, 0.2) is 0 Å².